The van der Waals surface area contributed by atoms with Gasteiger partial charge < -0.3 is 10.3 Å². The fraction of sp³-hybridized carbons (Fsp3) is 0.231. The molecule has 3 aromatic rings. The van der Waals surface area contributed by atoms with E-state index < -0.39 is 0 Å². The molecule has 18 heavy (non-hydrogen) atoms. The molecule has 0 aromatic carbocycles. The molecule has 3 aromatic heterocycles. The predicted molar refractivity (Wildman–Crippen MR) is 71.3 cm³/mol. The maximum atomic E-state index is 4.39. The summed E-state index contributed by atoms with van der Waals surface area (Å²) < 4.78 is 1.90. The molecule has 5 nitrogen and oxygen atoms in total. The van der Waals surface area contributed by atoms with Crippen molar-refractivity contribution in [2.75, 3.05) is 5.32 Å². The second-order valence-electron chi connectivity index (χ2n) is 4.12. The maximum Gasteiger partial charge on any atom is 0.148 e. The molecule has 0 atom stereocenters. The number of aryl methyl sites for hydroxylation is 1. The molecule has 0 amide bonds. The molecular weight excluding hydrogens is 226 g/mol. The minimum Gasteiger partial charge on any atom is -0.364 e. The zero-order valence-corrected chi connectivity index (χ0v) is 10.2. The molecule has 0 radical (unpaired) electrons. The SMILES string of the molecule is CCn1ccc(NCc2c[nH]c3ncccc23)n1. The number of nitrogens with zero attached hydrogens (tertiary/aromatic N) is 3. The Morgan fingerprint density at radius 2 is 2.33 bits per heavy atom. The first-order valence-electron chi connectivity index (χ1n) is 6.05. The van der Waals surface area contributed by atoms with Gasteiger partial charge in [-0.25, -0.2) is 4.98 Å². The molecule has 92 valence electrons. The second kappa shape index (κ2) is 4.52. The monoisotopic (exact) mass is 241 g/mol. The van der Waals surface area contributed by atoms with Gasteiger partial charge in [0.2, 0.25) is 0 Å². The smallest absolute Gasteiger partial charge is 0.148 e. The highest BCUT2D eigenvalue weighted by Gasteiger charge is 2.04. The molecule has 0 aliphatic heterocycles. The van der Waals surface area contributed by atoms with Crippen molar-refractivity contribution in [3.63, 3.8) is 0 Å². The average molecular weight is 241 g/mol. The van der Waals surface area contributed by atoms with Crippen molar-refractivity contribution >= 4 is 16.9 Å². The van der Waals surface area contributed by atoms with E-state index in [1.54, 1.807) is 6.20 Å². The third-order valence-electron chi connectivity index (χ3n) is 2.96. The molecule has 0 aliphatic carbocycles. The van der Waals surface area contributed by atoms with Gasteiger partial charge in [-0.05, 0) is 24.6 Å². The Bertz CT molecular complexity index is 652. The van der Waals surface area contributed by atoms with Gasteiger partial charge in [-0.3, -0.25) is 4.68 Å². The number of nitrogens with one attached hydrogen (secondary N) is 2. The lowest BCUT2D eigenvalue weighted by Gasteiger charge is -2.01. The molecule has 0 bridgehead atoms. The molecule has 0 spiro atoms. The Labute approximate surface area is 105 Å². The lowest BCUT2D eigenvalue weighted by Crippen LogP contribution is -2.01. The topological polar surface area (TPSA) is 58.5 Å². The number of anilines is 1. The molecule has 0 unspecified atom stereocenters. The van der Waals surface area contributed by atoms with Crippen molar-refractivity contribution in [1.29, 1.82) is 0 Å². The van der Waals surface area contributed by atoms with E-state index in [0.29, 0.717) is 0 Å². The minimum absolute atomic E-state index is 0.742. The second-order valence-corrected chi connectivity index (χ2v) is 4.12. The van der Waals surface area contributed by atoms with Crippen LogP contribution >= 0.6 is 0 Å². The predicted octanol–water partition coefficient (Wildman–Crippen LogP) is 2.39. The molecule has 3 heterocycles. The zero-order chi connectivity index (χ0) is 12.4. The number of H-pyrrole nitrogens is 1. The average Bonchev–Trinajstić information content (AvgIpc) is 3.03. The Balaban J connectivity index is 1.76. The minimum atomic E-state index is 0.742. The fourth-order valence-corrected chi connectivity index (χ4v) is 1.98. The van der Waals surface area contributed by atoms with Crippen LogP contribution in [-0.4, -0.2) is 19.7 Å². The third kappa shape index (κ3) is 1.95. The number of aromatic amines is 1. The number of hydrogen-bond donors (Lipinski definition) is 2. The first-order valence-corrected chi connectivity index (χ1v) is 6.05. The van der Waals surface area contributed by atoms with Crippen LogP contribution < -0.4 is 5.32 Å². The lowest BCUT2D eigenvalue weighted by molar-refractivity contribution is 0.661. The van der Waals surface area contributed by atoms with Gasteiger partial charge in [0, 0.05) is 43.1 Å². The Morgan fingerprint density at radius 1 is 1.39 bits per heavy atom. The van der Waals surface area contributed by atoms with Crippen molar-refractivity contribution in [1.82, 2.24) is 19.7 Å². The van der Waals surface area contributed by atoms with Gasteiger partial charge in [-0.1, -0.05) is 0 Å². The highest BCUT2D eigenvalue weighted by atomic mass is 15.3. The molecule has 0 aliphatic rings. The highest BCUT2D eigenvalue weighted by molar-refractivity contribution is 5.79. The Hall–Kier alpha value is -2.30. The van der Waals surface area contributed by atoms with Crippen LogP contribution in [0.5, 0.6) is 0 Å². The first-order chi connectivity index (χ1) is 8.86. The molecule has 0 saturated carbocycles. The standard InChI is InChI=1S/C13H15N5/c1-2-18-7-5-12(17-18)15-8-10-9-16-13-11(10)4-3-6-14-13/h3-7,9H,2,8H2,1H3,(H,14,16)(H,15,17). The van der Waals surface area contributed by atoms with E-state index in [9.17, 15) is 0 Å². The van der Waals surface area contributed by atoms with Gasteiger partial charge >= 0.3 is 0 Å². The van der Waals surface area contributed by atoms with Crippen LogP contribution in [0.4, 0.5) is 5.82 Å². The summed E-state index contributed by atoms with van der Waals surface area (Å²) in [5.41, 5.74) is 2.12. The number of aromatic nitrogens is 4. The lowest BCUT2D eigenvalue weighted by atomic mass is 10.2. The summed E-state index contributed by atoms with van der Waals surface area (Å²) in [7, 11) is 0. The van der Waals surface area contributed by atoms with Crippen LogP contribution in [0.25, 0.3) is 11.0 Å². The summed E-state index contributed by atoms with van der Waals surface area (Å²) >= 11 is 0. The molecular formula is C13H15N5. The van der Waals surface area contributed by atoms with E-state index in [2.05, 4.69) is 33.4 Å². The van der Waals surface area contributed by atoms with Gasteiger partial charge in [-0.2, -0.15) is 5.10 Å². The van der Waals surface area contributed by atoms with Crippen molar-refractivity contribution < 1.29 is 0 Å². The largest absolute Gasteiger partial charge is 0.364 e. The quantitative estimate of drug-likeness (QED) is 0.737. The van der Waals surface area contributed by atoms with Crippen LogP contribution in [0, 0.1) is 0 Å². The molecule has 0 saturated heterocycles. The van der Waals surface area contributed by atoms with Crippen molar-refractivity contribution in [3.05, 3.63) is 42.4 Å². The fourth-order valence-electron chi connectivity index (χ4n) is 1.98. The van der Waals surface area contributed by atoms with Gasteiger partial charge in [0.05, 0.1) is 0 Å². The number of pyridine rings is 1. The van der Waals surface area contributed by atoms with E-state index in [1.165, 1.54) is 5.56 Å². The van der Waals surface area contributed by atoms with Gasteiger partial charge in [-0.15, -0.1) is 0 Å². The summed E-state index contributed by atoms with van der Waals surface area (Å²) in [6.45, 7) is 3.70. The summed E-state index contributed by atoms with van der Waals surface area (Å²) in [6, 6.07) is 6.00. The first kappa shape index (κ1) is 10.8. The van der Waals surface area contributed by atoms with Crippen LogP contribution in [0.1, 0.15) is 12.5 Å². The van der Waals surface area contributed by atoms with E-state index in [0.717, 1.165) is 29.9 Å². The third-order valence-corrected chi connectivity index (χ3v) is 2.96. The van der Waals surface area contributed by atoms with Gasteiger partial charge in [0.25, 0.3) is 0 Å². The summed E-state index contributed by atoms with van der Waals surface area (Å²) in [5.74, 6) is 0.898. The van der Waals surface area contributed by atoms with E-state index >= 15 is 0 Å². The van der Waals surface area contributed by atoms with E-state index in [-0.39, 0.29) is 0 Å². The van der Waals surface area contributed by atoms with E-state index in [1.807, 2.05) is 29.2 Å². The number of fused-ring (bicyclic) bond motifs is 1. The Morgan fingerprint density at radius 3 is 3.17 bits per heavy atom. The van der Waals surface area contributed by atoms with Crippen molar-refractivity contribution in [3.8, 4) is 0 Å². The summed E-state index contributed by atoms with van der Waals surface area (Å²) in [6.07, 6.45) is 5.75. The van der Waals surface area contributed by atoms with Crippen molar-refractivity contribution in [2.24, 2.45) is 0 Å². The number of hydrogen-bond acceptors (Lipinski definition) is 3. The van der Waals surface area contributed by atoms with E-state index in [4.69, 9.17) is 0 Å². The number of rotatable bonds is 4. The maximum absolute atomic E-state index is 4.39. The van der Waals surface area contributed by atoms with Crippen molar-refractivity contribution in [2.45, 2.75) is 20.0 Å². The summed E-state index contributed by atoms with van der Waals surface area (Å²) in [5, 5.41) is 8.85. The van der Waals surface area contributed by atoms with Crippen LogP contribution in [0.15, 0.2) is 36.8 Å². The molecule has 0 fully saturated rings. The van der Waals surface area contributed by atoms with Gasteiger partial charge in [0.1, 0.15) is 11.5 Å². The zero-order valence-electron chi connectivity index (χ0n) is 10.2. The Kier molecular flexibility index (Phi) is 2.72. The van der Waals surface area contributed by atoms with Crippen LogP contribution in [0.3, 0.4) is 0 Å². The van der Waals surface area contributed by atoms with Gasteiger partial charge in [0.15, 0.2) is 0 Å². The van der Waals surface area contributed by atoms with Crippen LogP contribution in [-0.2, 0) is 13.1 Å². The highest BCUT2D eigenvalue weighted by Crippen LogP contribution is 2.16. The molecule has 5 heteroatoms. The normalized spacial score (nSPS) is 10.9. The molecule has 3 rings (SSSR count). The summed E-state index contributed by atoms with van der Waals surface area (Å²) in [4.78, 5) is 7.44. The van der Waals surface area contributed by atoms with Crippen LogP contribution in [0.2, 0.25) is 0 Å². The molecule has 2 N–H and O–H groups in total.